The minimum absolute atomic E-state index is 0.0972. The van der Waals surface area contributed by atoms with Crippen LogP contribution in [0.2, 0.25) is 0 Å². The van der Waals surface area contributed by atoms with Gasteiger partial charge in [0.2, 0.25) is 0 Å². The molecule has 5 nitrogen and oxygen atoms in total. The first-order valence-electron chi connectivity index (χ1n) is 3.04. The molecule has 0 aromatic carbocycles. The summed E-state index contributed by atoms with van der Waals surface area (Å²) in [5.41, 5.74) is 0. The van der Waals surface area contributed by atoms with Crippen LogP contribution in [0.15, 0.2) is 0 Å². The van der Waals surface area contributed by atoms with Crippen molar-refractivity contribution in [1.82, 2.24) is 0 Å². The summed E-state index contributed by atoms with van der Waals surface area (Å²) < 4.78 is 0. The van der Waals surface area contributed by atoms with Crippen LogP contribution in [0.4, 0.5) is 4.79 Å². The molecule has 0 spiro atoms. The van der Waals surface area contributed by atoms with Gasteiger partial charge in [-0.25, -0.2) is 4.79 Å². The van der Waals surface area contributed by atoms with Gasteiger partial charge in [0.15, 0.2) is 5.78 Å². The number of hydrogen-bond donors (Lipinski definition) is 3. The highest BCUT2D eigenvalue weighted by Crippen LogP contribution is 1.86. The standard InChI is InChI=1S/C5H10O2.CH2O3/c1-3-5(7)4(2)6;2-1(3)4/h4,6H,3H2,1-2H3;(H2,2,3,4). The lowest BCUT2D eigenvalue weighted by atomic mass is 10.2. The zero-order chi connectivity index (χ0) is 9.44. The van der Waals surface area contributed by atoms with Gasteiger partial charge >= 0.3 is 6.16 Å². The van der Waals surface area contributed by atoms with Crippen molar-refractivity contribution in [1.29, 1.82) is 0 Å². The number of carboxylic acid groups (broad SMARTS) is 2. The molecular formula is C6H12O5. The van der Waals surface area contributed by atoms with Crippen LogP contribution in [0.25, 0.3) is 0 Å². The summed E-state index contributed by atoms with van der Waals surface area (Å²) in [4.78, 5) is 18.8. The van der Waals surface area contributed by atoms with E-state index in [0.717, 1.165) is 0 Å². The topological polar surface area (TPSA) is 94.8 Å². The molecular weight excluding hydrogens is 152 g/mol. The maximum Gasteiger partial charge on any atom is 0.503 e. The first-order chi connectivity index (χ1) is 4.91. The van der Waals surface area contributed by atoms with Crippen LogP contribution in [0.3, 0.4) is 0 Å². The number of aliphatic hydroxyl groups excluding tert-OH is 1. The van der Waals surface area contributed by atoms with Gasteiger partial charge in [0.05, 0.1) is 0 Å². The zero-order valence-corrected chi connectivity index (χ0v) is 6.44. The second kappa shape index (κ2) is 7.01. The van der Waals surface area contributed by atoms with Gasteiger partial charge < -0.3 is 15.3 Å². The van der Waals surface area contributed by atoms with Crippen LogP contribution < -0.4 is 0 Å². The summed E-state index contributed by atoms with van der Waals surface area (Å²) in [6.07, 6.45) is -2.18. The molecule has 0 aromatic heterocycles. The van der Waals surface area contributed by atoms with Crippen molar-refractivity contribution in [2.24, 2.45) is 0 Å². The maximum atomic E-state index is 10.3. The molecule has 0 amide bonds. The Morgan fingerprint density at radius 1 is 1.36 bits per heavy atom. The van der Waals surface area contributed by atoms with E-state index in [1.54, 1.807) is 6.92 Å². The van der Waals surface area contributed by atoms with Gasteiger partial charge in [-0.3, -0.25) is 4.79 Å². The molecule has 0 heterocycles. The Morgan fingerprint density at radius 2 is 1.64 bits per heavy atom. The lowest BCUT2D eigenvalue weighted by Gasteiger charge is -1.95. The molecule has 0 saturated heterocycles. The molecule has 0 bridgehead atoms. The molecule has 0 radical (unpaired) electrons. The van der Waals surface area contributed by atoms with Crippen LogP contribution in [0.1, 0.15) is 20.3 Å². The van der Waals surface area contributed by atoms with Gasteiger partial charge in [-0.05, 0) is 6.92 Å². The summed E-state index contributed by atoms with van der Waals surface area (Å²) >= 11 is 0. The SMILES string of the molecule is CCC(=O)C(C)O.O=C(O)O. The zero-order valence-electron chi connectivity index (χ0n) is 6.44. The minimum Gasteiger partial charge on any atom is -0.450 e. The fourth-order valence-corrected chi connectivity index (χ4v) is 0.295. The molecule has 0 fully saturated rings. The third kappa shape index (κ3) is 17.6. The Labute approximate surface area is 64.3 Å². The van der Waals surface area contributed by atoms with E-state index in [0.29, 0.717) is 6.42 Å². The van der Waals surface area contributed by atoms with Crippen LogP contribution in [-0.4, -0.2) is 33.4 Å². The third-order valence-corrected chi connectivity index (χ3v) is 0.814. The summed E-state index contributed by atoms with van der Waals surface area (Å²) in [6, 6.07) is 0. The highest BCUT2D eigenvalue weighted by Gasteiger charge is 2.02. The van der Waals surface area contributed by atoms with Crippen LogP contribution in [0.5, 0.6) is 0 Å². The van der Waals surface area contributed by atoms with E-state index in [-0.39, 0.29) is 5.78 Å². The largest absolute Gasteiger partial charge is 0.503 e. The van der Waals surface area contributed by atoms with Crippen LogP contribution >= 0.6 is 0 Å². The smallest absolute Gasteiger partial charge is 0.450 e. The van der Waals surface area contributed by atoms with Crippen molar-refractivity contribution in [2.75, 3.05) is 0 Å². The number of rotatable bonds is 2. The van der Waals surface area contributed by atoms with E-state index in [1.165, 1.54) is 6.92 Å². The predicted octanol–water partition coefficient (Wildman–Crippen LogP) is 0.569. The van der Waals surface area contributed by atoms with Gasteiger partial charge in [-0.2, -0.15) is 0 Å². The Morgan fingerprint density at radius 3 is 1.64 bits per heavy atom. The van der Waals surface area contributed by atoms with Gasteiger partial charge in [0.25, 0.3) is 0 Å². The monoisotopic (exact) mass is 164 g/mol. The van der Waals surface area contributed by atoms with Crippen molar-refractivity contribution in [3.05, 3.63) is 0 Å². The fraction of sp³-hybridized carbons (Fsp3) is 0.667. The van der Waals surface area contributed by atoms with E-state index in [2.05, 4.69) is 0 Å². The van der Waals surface area contributed by atoms with Crippen molar-refractivity contribution in [2.45, 2.75) is 26.4 Å². The van der Waals surface area contributed by atoms with Gasteiger partial charge in [-0.1, -0.05) is 6.92 Å². The Kier molecular flexibility index (Phi) is 8.01. The summed E-state index contributed by atoms with van der Waals surface area (Å²) in [5.74, 6) is -0.0972. The second-order valence-electron chi connectivity index (χ2n) is 1.78. The third-order valence-electron chi connectivity index (χ3n) is 0.814. The number of aliphatic hydroxyl groups is 1. The lowest BCUT2D eigenvalue weighted by Crippen LogP contribution is -2.13. The predicted molar refractivity (Wildman–Crippen MR) is 37.6 cm³/mol. The number of carbonyl (C=O) groups excluding carboxylic acids is 1. The number of carbonyl (C=O) groups is 2. The second-order valence-corrected chi connectivity index (χ2v) is 1.78. The van der Waals surface area contributed by atoms with Gasteiger partial charge in [0, 0.05) is 6.42 Å². The Bertz CT molecular complexity index is 125. The molecule has 0 aromatic rings. The first-order valence-corrected chi connectivity index (χ1v) is 3.04. The molecule has 0 aliphatic carbocycles. The summed E-state index contributed by atoms with van der Waals surface area (Å²) in [5, 5.41) is 22.4. The molecule has 3 N–H and O–H groups in total. The fourth-order valence-electron chi connectivity index (χ4n) is 0.295. The Hall–Kier alpha value is -1.10. The lowest BCUT2D eigenvalue weighted by molar-refractivity contribution is -0.125. The molecule has 66 valence electrons. The summed E-state index contributed by atoms with van der Waals surface area (Å²) in [6.45, 7) is 3.21. The van der Waals surface area contributed by atoms with Crippen molar-refractivity contribution in [3.8, 4) is 0 Å². The normalized spacial score (nSPS) is 10.8. The molecule has 0 aliphatic heterocycles. The van der Waals surface area contributed by atoms with E-state index >= 15 is 0 Å². The van der Waals surface area contributed by atoms with Crippen molar-refractivity contribution < 1.29 is 24.9 Å². The molecule has 11 heavy (non-hydrogen) atoms. The quantitative estimate of drug-likeness (QED) is 0.554. The van der Waals surface area contributed by atoms with Crippen molar-refractivity contribution in [3.63, 3.8) is 0 Å². The molecule has 1 atom stereocenters. The Balaban J connectivity index is 0. The van der Waals surface area contributed by atoms with Gasteiger partial charge in [0.1, 0.15) is 6.10 Å². The van der Waals surface area contributed by atoms with E-state index in [4.69, 9.17) is 20.1 Å². The number of ketones is 1. The highest BCUT2D eigenvalue weighted by atomic mass is 16.6. The molecule has 5 heteroatoms. The van der Waals surface area contributed by atoms with E-state index < -0.39 is 12.3 Å². The first kappa shape index (κ1) is 12.6. The van der Waals surface area contributed by atoms with Crippen LogP contribution in [0, 0.1) is 0 Å². The van der Waals surface area contributed by atoms with Crippen LogP contribution in [-0.2, 0) is 4.79 Å². The van der Waals surface area contributed by atoms with Crippen molar-refractivity contribution >= 4 is 11.9 Å². The number of Topliss-reactive ketones (excluding diaryl/α,β-unsaturated/α-hetero) is 1. The summed E-state index contributed by atoms with van der Waals surface area (Å²) in [7, 11) is 0. The maximum absolute atomic E-state index is 10.3. The number of hydrogen-bond acceptors (Lipinski definition) is 3. The molecule has 0 aliphatic rings. The molecule has 1 unspecified atom stereocenters. The van der Waals surface area contributed by atoms with E-state index in [9.17, 15) is 4.79 Å². The minimum atomic E-state index is -1.83. The van der Waals surface area contributed by atoms with Gasteiger partial charge in [-0.15, -0.1) is 0 Å². The van der Waals surface area contributed by atoms with E-state index in [1.807, 2.05) is 0 Å². The molecule has 0 rings (SSSR count). The highest BCUT2D eigenvalue weighted by molar-refractivity contribution is 5.81. The average Bonchev–Trinajstić information content (AvgIpc) is 1.85. The molecule has 0 saturated carbocycles. The average molecular weight is 164 g/mol.